The molecule has 20 heavy (non-hydrogen) atoms. The van der Waals surface area contributed by atoms with Gasteiger partial charge in [-0.2, -0.15) is 0 Å². The molecule has 0 radical (unpaired) electrons. The van der Waals surface area contributed by atoms with Crippen LogP contribution in [0.4, 0.5) is 0 Å². The molecule has 0 fully saturated rings. The lowest BCUT2D eigenvalue weighted by molar-refractivity contribution is 0.624. The molecule has 0 atom stereocenters. The lowest BCUT2D eigenvalue weighted by Gasteiger charge is -2.05. The Bertz CT molecular complexity index is 916. The number of rotatable bonds is 1. The number of fused-ring (bicyclic) bond motifs is 3. The number of aryl methyl sites for hydroxylation is 2. The van der Waals surface area contributed by atoms with E-state index in [1.165, 1.54) is 11.1 Å². The highest BCUT2D eigenvalue weighted by molar-refractivity contribution is 7.25. The van der Waals surface area contributed by atoms with Gasteiger partial charge in [-0.3, -0.25) is 0 Å². The van der Waals surface area contributed by atoms with E-state index in [4.69, 9.17) is 4.42 Å². The molecule has 0 saturated heterocycles. The number of thiophene rings is 1. The highest BCUT2D eigenvalue weighted by Crippen LogP contribution is 2.38. The first-order valence-corrected chi connectivity index (χ1v) is 7.23. The summed E-state index contributed by atoms with van der Waals surface area (Å²) >= 11 is 1.61. The van der Waals surface area contributed by atoms with Gasteiger partial charge in [0.05, 0.1) is 27.6 Å². The monoisotopic (exact) mass is 280 g/mol. The van der Waals surface area contributed by atoms with Crippen LogP contribution >= 0.6 is 11.3 Å². The second-order valence-corrected chi connectivity index (χ2v) is 5.98. The summed E-state index contributed by atoms with van der Waals surface area (Å²) in [5.41, 5.74) is 5.58. The minimum absolute atomic E-state index is 0.908. The quantitative estimate of drug-likeness (QED) is 0.506. The van der Waals surface area contributed by atoms with Crippen molar-refractivity contribution in [3.8, 4) is 11.3 Å². The molecular formula is C16H12N2OS. The Hall–Kier alpha value is -2.20. The summed E-state index contributed by atoms with van der Waals surface area (Å²) < 4.78 is 6.58. The molecule has 0 amide bonds. The van der Waals surface area contributed by atoms with Crippen LogP contribution in [0.2, 0.25) is 0 Å². The maximum Gasteiger partial charge on any atom is 0.190 e. The van der Waals surface area contributed by atoms with E-state index in [0.717, 1.165) is 31.8 Å². The molecule has 0 spiro atoms. The van der Waals surface area contributed by atoms with Gasteiger partial charge in [0, 0.05) is 5.56 Å². The number of hydrogen-bond donors (Lipinski definition) is 0. The molecule has 0 aliphatic heterocycles. The molecule has 4 rings (SSSR count). The van der Waals surface area contributed by atoms with Crippen molar-refractivity contribution in [2.24, 2.45) is 0 Å². The van der Waals surface area contributed by atoms with Gasteiger partial charge < -0.3 is 4.42 Å². The third kappa shape index (κ3) is 1.65. The summed E-state index contributed by atoms with van der Waals surface area (Å²) in [6.07, 6.45) is 3.34. The van der Waals surface area contributed by atoms with E-state index in [9.17, 15) is 0 Å². The lowest BCUT2D eigenvalue weighted by Crippen LogP contribution is -1.88. The zero-order valence-corrected chi connectivity index (χ0v) is 12.0. The number of nitrogens with zero attached hydrogens (tertiary/aromatic N) is 2. The van der Waals surface area contributed by atoms with Crippen LogP contribution in [0.25, 0.3) is 31.8 Å². The summed E-state index contributed by atoms with van der Waals surface area (Å²) in [4.78, 5) is 9.81. The molecule has 0 aliphatic rings. The molecule has 0 unspecified atom stereocenters. The van der Waals surface area contributed by atoms with Crippen molar-refractivity contribution >= 4 is 31.8 Å². The minimum Gasteiger partial charge on any atom is -0.454 e. The Balaban J connectivity index is 2.08. The van der Waals surface area contributed by atoms with Gasteiger partial charge in [-0.25, -0.2) is 9.97 Å². The first-order chi connectivity index (χ1) is 9.72. The molecule has 4 heteroatoms. The second-order valence-electron chi connectivity index (χ2n) is 5.00. The molecule has 4 aromatic rings. The lowest BCUT2D eigenvalue weighted by atomic mass is 10.0. The van der Waals surface area contributed by atoms with Crippen LogP contribution in [-0.2, 0) is 0 Å². The van der Waals surface area contributed by atoms with Crippen molar-refractivity contribution in [3.63, 3.8) is 0 Å². The largest absolute Gasteiger partial charge is 0.454 e. The highest BCUT2D eigenvalue weighted by atomic mass is 32.1. The summed E-state index contributed by atoms with van der Waals surface area (Å²) in [6.45, 7) is 4.21. The molecule has 3 nitrogen and oxygen atoms in total. The maximum absolute atomic E-state index is 5.49. The summed E-state index contributed by atoms with van der Waals surface area (Å²) in [5.74, 6) is 0. The second kappa shape index (κ2) is 4.15. The van der Waals surface area contributed by atoms with Crippen LogP contribution < -0.4 is 0 Å². The standard InChI is InChI=1S/C16H12N2OS/c1-9-5-10(2)7-11(6-9)13-15-14(18-8-17-13)12-3-4-19-16(12)20-15/h3-8H,1-2H3. The average molecular weight is 280 g/mol. The van der Waals surface area contributed by atoms with Crippen LogP contribution in [-0.4, -0.2) is 9.97 Å². The molecule has 1 aromatic carbocycles. The fourth-order valence-electron chi connectivity index (χ4n) is 2.62. The van der Waals surface area contributed by atoms with Gasteiger partial charge in [0.15, 0.2) is 4.90 Å². The molecule has 0 N–H and O–H groups in total. The van der Waals surface area contributed by atoms with Gasteiger partial charge in [0.2, 0.25) is 0 Å². The number of hydrogen-bond acceptors (Lipinski definition) is 4. The Morgan fingerprint density at radius 3 is 2.65 bits per heavy atom. The summed E-state index contributed by atoms with van der Waals surface area (Å²) in [7, 11) is 0. The van der Waals surface area contributed by atoms with Crippen LogP contribution in [0.3, 0.4) is 0 Å². The van der Waals surface area contributed by atoms with Gasteiger partial charge in [-0.15, -0.1) is 0 Å². The first kappa shape index (κ1) is 11.6. The van der Waals surface area contributed by atoms with E-state index >= 15 is 0 Å². The molecular weight excluding hydrogens is 268 g/mol. The van der Waals surface area contributed by atoms with Crippen molar-refractivity contribution < 1.29 is 4.42 Å². The molecule has 0 bridgehead atoms. The zero-order chi connectivity index (χ0) is 13.7. The van der Waals surface area contributed by atoms with Crippen molar-refractivity contribution in [2.45, 2.75) is 13.8 Å². The number of furan rings is 1. The smallest absolute Gasteiger partial charge is 0.190 e. The van der Waals surface area contributed by atoms with Gasteiger partial charge in [-0.1, -0.05) is 28.5 Å². The SMILES string of the molecule is Cc1cc(C)cc(-c2ncnc3c2sc2occc23)c1. The van der Waals surface area contributed by atoms with E-state index in [1.807, 2.05) is 6.07 Å². The average Bonchev–Trinajstić information content (AvgIpc) is 2.97. The maximum atomic E-state index is 5.49. The third-order valence-corrected chi connectivity index (χ3v) is 4.47. The Labute approximate surface area is 119 Å². The van der Waals surface area contributed by atoms with Crippen molar-refractivity contribution in [1.82, 2.24) is 9.97 Å². The van der Waals surface area contributed by atoms with Crippen molar-refractivity contribution in [1.29, 1.82) is 0 Å². The zero-order valence-electron chi connectivity index (χ0n) is 11.2. The van der Waals surface area contributed by atoms with E-state index < -0.39 is 0 Å². The minimum atomic E-state index is 0.908. The fourth-order valence-corrected chi connectivity index (χ4v) is 3.71. The van der Waals surface area contributed by atoms with E-state index in [2.05, 4.69) is 42.0 Å². The van der Waals surface area contributed by atoms with E-state index in [-0.39, 0.29) is 0 Å². The van der Waals surface area contributed by atoms with Gasteiger partial charge >= 0.3 is 0 Å². The van der Waals surface area contributed by atoms with Gasteiger partial charge in [-0.05, 0) is 32.0 Å². The summed E-state index contributed by atoms with van der Waals surface area (Å²) in [6, 6.07) is 8.46. The van der Waals surface area contributed by atoms with Crippen LogP contribution in [0.15, 0.2) is 41.3 Å². The summed E-state index contributed by atoms with van der Waals surface area (Å²) in [5, 5.41) is 1.07. The molecule has 0 aliphatic carbocycles. The van der Waals surface area contributed by atoms with Crippen molar-refractivity contribution in [3.05, 3.63) is 48.0 Å². The molecule has 0 saturated carbocycles. The normalized spacial score (nSPS) is 11.5. The molecule has 3 heterocycles. The number of benzene rings is 1. The van der Waals surface area contributed by atoms with Crippen LogP contribution in [0, 0.1) is 13.8 Å². The van der Waals surface area contributed by atoms with Gasteiger partial charge in [0.25, 0.3) is 0 Å². The molecule has 3 aromatic heterocycles. The topological polar surface area (TPSA) is 38.9 Å². The predicted octanol–water partition coefficient (Wildman–Crippen LogP) is 4.72. The highest BCUT2D eigenvalue weighted by Gasteiger charge is 2.14. The van der Waals surface area contributed by atoms with Gasteiger partial charge in [0.1, 0.15) is 6.33 Å². The third-order valence-electron chi connectivity index (χ3n) is 3.38. The van der Waals surface area contributed by atoms with E-state index in [0.29, 0.717) is 0 Å². The molecule has 98 valence electrons. The Morgan fingerprint density at radius 1 is 1.05 bits per heavy atom. The predicted molar refractivity (Wildman–Crippen MR) is 82.1 cm³/mol. The first-order valence-electron chi connectivity index (χ1n) is 6.42. The Morgan fingerprint density at radius 2 is 1.85 bits per heavy atom. The van der Waals surface area contributed by atoms with Crippen LogP contribution in [0.1, 0.15) is 11.1 Å². The van der Waals surface area contributed by atoms with Crippen LogP contribution in [0.5, 0.6) is 0 Å². The van der Waals surface area contributed by atoms with Crippen molar-refractivity contribution in [2.75, 3.05) is 0 Å². The van der Waals surface area contributed by atoms with E-state index in [1.54, 1.807) is 23.9 Å². The Kier molecular flexibility index (Phi) is 2.41. The fraction of sp³-hybridized carbons (Fsp3) is 0.125. The number of aromatic nitrogens is 2.